The molecule has 3 N–H and O–H groups in total. The number of rotatable bonds is 3. The van der Waals surface area contributed by atoms with E-state index < -0.39 is 10.0 Å². The van der Waals surface area contributed by atoms with Crippen molar-refractivity contribution in [2.45, 2.75) is 32.6 Å². The van der Waals surface area contributed by atoms with Crippen LogP contribution in [-0.2, 0) is 10.0 Å². The van der Waals surface area contributed by atoms with Gasteiger partial charge in [-0.2, -0.15) is 0 Å². The van der Waals surface area contributed by atoms with Crippen molar-refractivity contribution in [3.05, 3.63) is 46.6 Å². The van der Waals surface area contributed by atoms with E-state index in [-0.39, 0.29) is 4.90 Å². The molecular weight excluding hydrogens is 286 g/mol. The fourth-order valence-corrected chi connectivity index (χ4v) is 3.81. The van der Waals surface area contributed by atoms with E-state index in [2.05, 4.69) is 9.71 Å². The summed E-state index contributed by atoms with van der Waals surface area (Å²) in [7, 11) is -3.73. The first-order chi connectivity index (χ1) is 9.72. The zero-order valence-electron chi connectivity index (χ0n) is 12.6. The Labute approximate surface area is 125 Å². The number of anilines is 2. The lowest BCUT2D eigenvalue weighted by Gasteiger charge is -2.16. The summed E-state index contributed by atoms with van der Waals surface area (Å²) >= 11 is 0. The van der Waals surface area contributed by atoms with Gasteiger partial charge in [0.2, 0.25) is 0 Å². The van der Waals surface area contributed by atoms with Gasteiger partial charge < -0.3 is 5.73 Å². The van der Waals surface area contributed by atoms with Crippen LogP contribution in [0.4, 0.5) is 11.5 Å². The summed E-state index contributed by atoms with van der Waals surface area (Å²) in [6.45, 7) is 7.13. The fourth-order valence-electron chi connectivity index (χ4n) is 2.23. The second kappa shape index (κ2) is 5.37. The molecule has 0 fully saturated rings. The number of aryl methyl sites for hydroxylation is 2. The third-order valence-electron chi connectivity index (χ3n) is 3.47. The van der Waals surface area contributed by atoms with Crippen LogP contribution < -0.4 is 10.5 Å². The van der Waals surface area contributed by atoms with Gasteiger partial charge in [-0.05, 0) is 62.6 Å². The number of nitrogens with zero attached hydrogens (tertiary/aromatic N) is 1. The predicted octanol–water partition coefficient (Wildman–Crippen LogP) is 2.70. The minimum absolute atomic E-state index is 0.225. The number of hydrogen-bond donors (Lipinski definition) is 2. The van der Waals surface area contributed by atoms with Crippen LogP contribution in [0, 0.1) is 27.7 Å². The molecule has 0 spiro atoms. The number of nitrogens with two attached hydrogens (primary N) is 1. The zero-order chi connectivity index (χ0) is 15.8. The largest absolute Gasteiger partial charge is 0.398 e. The first-order valence-electron chi connectivity index (χ1n) is 6.55. The molecule has 0 amide bonds. The Morgan fingerprint density at radius 2 is 1.76 bits per heavy atom. The monoisotopic (exact) mass is 305 g/mol. The molecule has 21 heavy (non-hydrogen) atoms. The summed E-state index contributed by atoms with van der Waals surface area (Å²) in [6, 6.07) is 6.96. The highest BCUT2D eigenvalue weighted by molar-refractivity contribution is 7.92. The van der Waals surface area contributed by atoms with Crippen molar-refractivity contribution < 1.29 is 8.42 Å². The Hall–Kier alpha value is -2.08. The maximum Gasteiger partial charge on any atom is 0.263 e. The average molecular weight is 305 g/mol. The van der Waals surface area contributed by atoms with Crippen molar-refractivity contribution in [2.75, 3.05) is 10.5 Å². The molecule has 6 heteroatoms. The third-order valence-corrected chi connectivity index (χ3v) is 5.10. The van der Waals surface area contributed by atoms with Gasteiger partial charge >= 0.3 is 0 Å². The third kappa shape index (κ3) is 3.00. The molecule has 2 aromatic rings. The SMILES string of the molecule is Cc1cccc(NS(=O)(=O)c2c(C)c(C)cc(N)c2C)n1. The molecule has 0 aliphatic rings. The van der Waals surface area contributed by atoms with Crippen LogP contribution in [0.2, 0.25) is 0 Å². The van der Waals surface area contributed by atoms with E-state index in [0.29, 0.717) is 22.6 Å². The zero-order valence-corrected chi connectivity index (χ0v) is 13.4. The van der Waals surface area contributed by atoms with E-state index in [1.807, 2.05) is 6.92 Å². The Morgan fingerprint density at radius 3 is 2.38 bits per heavy atom. The van der Waals surface area contributed by atoms with Crippen LogP contribution in [0.1, 0.15) is 22.4 Å². The molecule has 1 heterocycles. The first kappa shape index (κ1) is 15.3. The molecule has 0 radical (unpaired) electrons. The van der Waals surface area contributed by atoms with E-state index in [0.717, 1.165) is 11.3 Å². The van der Waals surface area contributed by atoms with E-state index in [4.69, 9.17) is 5.73 Å². The van der Waals surface area contributed by atoms with Crippen molar-refractivity contribution in [3.8, 4) is 0 Å². The number of sulfonamides is 1. The molecule has 0 aliphatic carbocycles. The molecular formula is C15H19N3O2S. The lowest BCUT2D eigenvalue weighted by atomic mass is 10.1. The lowest BCUT2D eigenvalue weighted by molar-refractivity contribution is 0.599. The van der Waals surface area contributed by atoms with Crippen LogP contribution in [0.5, 0.6) is 0 Å². The fraction of sp³-hybridized carbons (Fsp3) is 0.267. The van der Waals surface area contributed by atoms with Gasteiger partial charge in [-0.3, -0.25) is 4.72 Å². The predicted molar refractivity (Wildman–Crippen MR) is 84.8 cm³/mol. The van der Waals surface area contributed by atoms with Gasteiger partial charge in [-0.25, -0.2) is 13.4 Å². The molecule has 0 aliphatic heterocycles. The van der Waals surface area contributed by atoms with E-state index >= 15 is 0 Å². The summed E-state index contributed by atoms with van der Waals surface area (Å²) in [5.74, 6) is 0.300. The van der Waals surface area contributed by atoms with E-state index in [9.17, 15) is 8.42 Å². The van der Waals surface area contributed by atoms with Crippen LogP contribution >= 0.6 is 0 Å². The molecule has 2 rings (SSSR count). The molecule has 0 saturated heterocycles. The number of pyridine rings is 1. The maximum absolute atomic E-state index is 12.7. The van der Waals surface area contributed by atoms with Crippen molar-refractivity contribution in [1.82, 2.24) is 4.98 Å². The van der Waals surface area contributed by atoms with Crippen molar-refractivity contribution in [1.29, 1.82) is 0 Å². The Morgan fingerprint density at radius 1 is 1.10 bits per heavy atom. The van der Waals surface area contributed by atoms with Gasteiger partial charge in [0.25, 0.3) is 10.0 Å². The van der Waals surface area contributed by atoms with Gasteiger partial charge in [-0.15, -0.1) is 0 Å². The standard InChI is InChI=1S/C15H19N3O2S/c1-9-8-13(16)12(4)15(11(9)3)21(19,20)18-14-7-5-6-10(2)17-14/h5-8H,16H2,1-4H3,(H,17,18). The molecule has 0 atom stereocenters. The van der Waals surface area contributed by atoms with Gasteiger partial charge in [0.1, 0.15) is 5.82 Å². The van der Waals surface area contributed by atoms with E-state index in [1.54, 1.807) is 45.0 Å². The normalized spacial score (nSPS) is 11.4. The van der Waals surface area contributed by atoms with Gasteiger partial charge in [0.15, 0.2) is 0 Å². The Balaban J connectivity index is 2.55. The van der Waals surface area contributed by atoms with Gasteiger partial charge in [0.05, 0.1) is 4.90 Å². The van der Waals surface area contributed by atoms with Crippen LogP contribution in [0.3, 0.4) is 0 Å². The quantitative estimate of drug-likeness (QED) is 0.854. The van der Waals surface area contributed by atoms with Crippen LogP contribution in [-0.4, -0.2) is 13.4 Å². The van der Waals surface area contributed by atoms with Gasteiger partial charge in [0, 0.05) is 11.4 Å². The molecule has 5 nitrogen and oxygen atoms in total. The maximum atomic E-state index is 12.7. The number of nitrogen functional groups attached to an aromatic ring is 1. The van der Waals surface area contributed by atoms with E-state index in [1.165, 1.54) is 0 Å². The molecule has 0 bridgehead atoms. The number of hydrogen-bond acceptors (Lipinski definition) is 4. The Bertz CT molecular complexity index is 773. The summed E-state index contributed by atoms with van der Waals surface area (Å²) in [5.41, 5.74) is 9.20. The molecule has 0 saturated carbocycles. The van der Waals surface area contributed by atoms with Crippen molar-refractivity contribution in [2.24, 2.45) is 0 Å². The highest BCUT2D eigenvalue weighted by atomic mass is 32.2. The number of nitrogens with one attached hydrogen (secondary N) is 1. The first-order valence-corrected chi connectivity index (χ1v) is 8.03. The van der Waals surface area contributed by atoms with Crippen LogP contribution in [0.25, 0.3) is 0 Å². The summed E-state index contributed by atoms with van der Waals surface area (Å²) in [4.78, 5) is 4.39. The topological polar surface area (TPSA) is 85.1 Å². The van der Waals surface area contributed by atoms with Gasteiger partial charge in [-0.1, -0.05) is 6.07 Å². The summed E-state index contributed by atoms with van der Waals surface area (Å²) in [5, 5.41) is 0. The number of aromatic nitrogens is 1. The highest BCUT2D eigenvalue weighted by Gasteiger charge is 2.22. The lowest BCUT2D eigenvalue weighted by Crippen LogP contribution is -2.18. The molecule has 1 aromatic carbocycles. The average Bonchev–Trinajstić information content (AvgIpc) is 2.35. The minimum atomic E-state index is -3.73. The van der Waals surface area contributed by atoms with Crippen LogP contribution in [0.15, 0.2) is 29.2 Å². The van der Waals surface area contributed by atoms with Crippen molar-refractivity contribution >= 4 is 21.5 Å². The second-order valence-electron chi connectivity index (χ2n) is 5.13. The molecule has 112 valence electrons. The second-order valence-corrected chi connectivity index (χ2v) is 6.75. The summed E-state index contributed by atoms with van der Waals surface area (Å²) < 4.78 is 27.8. The van der Waals surface area contributed by atoms with Crippen molar-refractivity contribution in [3.63, 3.8) is 0 Å². The smallest absolute Gasteiger partial charge is 0.263 e. The molecule has 1 aromatic heterocycles. The number of benzene rings is 1. The Kier molecular flexibility index (Phi) is 3.91. The highest BCUT2D eigenvalue weighted by Crippen LogP contribution is 2.29. The summed E-state index contributed by atoms with van der Waals surface area (Å²) in [6.07, 6.45) is 0. The minimum Gasteiger partial charge on any atom is -0.398 e. The molecule has 0 unspecified atom stereocenters.